The zero-order valence-electron chi connectivity index (χ0n) is 18.1. The topological polar surface area (TPSA) is 78.0 Å². The third-order valence-corrected chi connectivity index (χ3v) is 4.96. The first-order valence-electron chi connectivity index (χ1n) is 9.24. The number of pyridine rings is 1. The van der Waals surface area contributed by atoms with Gasteiger partial charge in [0.2, 0.25) is 0 Å². The predicted molar refractivity (Wildman–Crippen MR) is 124 cm³/mol. The maximum Gasteiger partial charge on any atom is 0.425 e. The molecular weight excluding hydrogens is 520 g/mol. The minimum Gasteiger partial charge on any atom is -0.496 e. The number of ether oxygens (including phenoxy) is 3. The van der Waals surface area contributed by atoms with Crippen LogP contribution in [0.2, 0.25) is 0 Å². The Kier molecular flexibility index (Phi) is 7.40. The van der Waals surface area contributed by atoms with E-state index in [2.05, 4.69) is 36.8 Å². The van der Waals surface area contributed by atoms with Gasteiger partial charge < -0.3 is 14.2 Å². The number of carbonyl (C=O) groups excluding carboxylic acids is 2. The van der Waals surface area contributed by atoms with E-state index in [1.165, 1.54) is 13.3 Å². The first-order valence-corrected chi connectivity index (χ1v) is 11.2. The monoisotopic (exact) mass is 544 g/mol. The fraction of sp³-hybridized carbons (Fsp3) is 0.476. The average molecular weight is 546 g/mol. The number of nitrogens with zero attached hydrogens (tertiary/aromatic N) is 2. The Labute approximate surface area is 193 Å². The Bertz CT molecular complexity index is 936. The summed E-state index contributed by atoms with van der Waals surface area (Å²) in [7, 11) is 1.52. The molecule has 164 valence electrons. The molecule has 9 heteroatoms. The molecule has 7 nitrogen and oxygen atoms in total. The maximum absolute atomic E-state index is 13.0. The summed E-state index contributed by atoms with van der Waals surface area (Å²) in [4.78, 5) is 31.2. The lowest BCUT2D eigenvalue weighted by Crippen LogP contribution is -2.44. The van der Waals surface area contributed by atoms with E-state index in [1.807, 2.05) is 12.1 Å². The fourth-order valence-corrected chi connectivity index (χ4v) is 3.35. The molecule has 2 aromatic rings. The van der Waals surface area contributed by atoms with E-state index in [0.29, 0.717) is 20.9 Å². The highest BCUT2D eigenvalue weighted by molar-refractivity contribution is 9.10. The number of fused-ring (bicyclic) bond motifs is 1. The predicted octanol–water partition coefficient (Wildman–Crippen LogP) is 6.58. The van der Waals surface area contributed by atoms with Crippen molar-refractivity contribution >= 4 is 60.6 Å². The number of anilines is 1. The van der Waals surface area contributed by atoms with E-state index >= 15 is 0 Å². The van der Waals surface area contributed by atoms with Gasteiger partial charge in [-0.2, -0.15) is 4.90 Å². The standard InChI is InChI=1S/C21H26Br2N2O5/c1-20(2,3)29-18(26)25(19(27)30-21(4,5)6)17-16-13(14(23)11-24-17)8-12(10-22)9-15(16)28-7/h8-9,11H,10H2,1-7H3. The number of rotatable bonds is 3. The molecule has 0 atom stereocenters. The normalized spacial score (nSPS) is 11.9. The van der Waals surface area contributed by atoms with Crippen molar-refractivity contribution in [1.29, 1.82) is 0 Å². The Morgan fingerprint density at radius 2 is 1.57 bits per heavy atom. The number of carbonyl (C=O) groups is 2. The lowest BCUT2D eigenvalue weighted by molar-refractivity contribution is 0.0429. The van der Waals surface area contributed by atoms with E-state index in [1.54, 1.807) is 41.5 Å². The molecule has 1 aromatic carbocycles. The van der Waals surface area contributed by atoms with Crippen molar-refractivity contribution in [1.82, 2.24) is 4.98 Å². The van der Waals surface area contributed by atoms with Crippen molar-refractivity contribution in [3.63, 3.8) is 0 Å². The third-order valence-electron chi connectivity index (χ3n) is 3.68. The summed E-state index contributed by atoms with van der Waals surface area (Å²) in [5.74, 6) is 0.525. The van der Waals surface area contributed by atoms with Gasteiger partial charge in [-0.1, -0.05) is 15.9 Å². The number of benzene rings is 1. The summed E-state index contributed by atoms with van der Waals surface area (Å²) < 4.78 is 17.2. The van der Waals surface area contributed by atoms with Gasteiger partial charge in [-0.05, 0) is 75.2 Å². The second kappa shape index (κ2) is 9.09. The van der Waals surface area contributed by atoms with Crippen molar-refractivity contribution in [3.05, 3.63) is 28.4 Å². The highest BCUT2D eigenvalue weighted by atomic mass is 79.9. The van der Waals surface area contributed by atoms with Gasteiger partial charge in [-0.25, -0.2) is 14.6 Å². The molecule has 0 N–H and O–H groups in total. The minimum atomic E-state index is -0.889. The van der Waals surface area contributed by atoms with Crippen molar-refractivity contribution in [2.24, 2.45) is 0 Å². The minimum absolute atomic E-state index is 0.0645. The molecule has 2 rings (SSSR count). The number of halogens is 2. The lowest BCUT2D eigenvalue weighted by atomic mass is 10.1. The molecule has 0 aliphatic heterocycles. The van der Waals surface area contributed by atoms with Crippen molar-refractivity contribution in [2.75, 3.05) is 12.0 Å². The van der Waals surface area contributed by atoms with Crippen LogP contribution >= 0.6 is 31.9 Å². The fourth-order valence-electron chi connectivity index (χ4n) is 2.61. The Balaban J connectivity index is 2.78. The second-order valence-corrected chi connectivity index (χ2v) is 10.00. The Hall–Kier alpha value is -1.87. The molecule has 1 heterocycles. The van der Waals surface area contributed by atoms with E-state index in [9.17, 15) is 9.59 Å². The zero-order valence-corrected chi connectivity index (χ0v) is 21.3. The van der Waals surface area contributed by atoms with Gasteiger partial charge in [0.15, 0.2) is 5.82 Å². The van der Waals surface area contributed by atoms with E-state index in [4.69, 9.17) is 14.2 Å². The number of alkyl halides is 1. The molecule has 0 spiro atoms. The van der Waals surface area contributed by atoms with Crippen LogP contribution < -0.4 is 9.64 Å². The van der Waals surface area contributed by atoms with Gasteiger partial charge in [-0.15, -0.1) is 0 Å². The highest BCUT2D eigenvalue weighted by Crippen LogP contribution is 2.39. The van der Waals surface area contributed by atoms with Crippen LogP contribution in [-0.2, 0) is 14.8 Å². The van der Waals surface area contributed by atoms with E-state index in [-0.39, 0.29) is 5.82 Å². The van der Waals surface area contributed by atoms with Crippen molar-refractivity contribution < 1.29 is 23.8 Å². The first-order chi connectivity index (χ1) is 13.8. The van der Waals surface area contributed by atoms with E-state index < -0.39 is 23.4 Å². The number of hydrogen-bond donors (Lipinski definition) is 0. The van der Waals surface area contributed by atoms with Gasteiger partial charge in [0, 0.05) is 21.4 Å². The summed E-state index contributed by atoms with van der Waals surface area (Å²) in [6.45, 7) is 10.3. The quantitative estimate of drug-likeness (QED) is 0.405. The average Bonchev–Trinajstić information content (AvgIpc) is 2.60. The summed E-state index contributed by atoms with van der Waals surface area (Å²) in [6.07, 6.45) is -0.254. The Morgan fingerprint density at radius 1 is 1.03 bits per heavy atom. The molecule has 0 saturated heterocycles. The van der Waals surface area contributed by atoms with Crippen LogP contribution in [0.3, 0.4) is 0 Å². The molecule has 0 aliphatic carbocycles. The molecule has 0 bridgehead atoms. The van der Waals surface area contributed by atoms with Crippen molar-refractivity contribution in [3.8, 4) is 5.75 Å². The SMILES string of the molecule is COc1cc(CBr)cc2c(Br)cnc(N(C(=O)OC(C)(C)C)C(=O)OC(C)(C)C)c12. The highest BCUT2D eigenvalue weighted by Gasteiger charge is 2.35. The van der Waals surface area contributed by atoms with Crippen LogP contribution in [0, 0.1) is 0 Å². The summed E-state index contributed by atoms with van der Waals surface area (Å²) in [5, 5.41) is 1.81. The molecule has 1 aromatic heterocycles. The summed E-state index contributed by atoms with van der Waals surface area (Å²) >= 11 is 6.94. The van der Waals surface area contributed by atoms with Crippen LogP contribution in [-0.4, -0.2) is 35.5 Å². The summed E-state index contributed by atoms with van der Waals surface area (Å²) in [6, 6.07) is 3.74. The number of aromatic nitrogens is 1. The smallest absolute Gasteiger partial charge is 0.425 e. The van der Waals surface area contributed by atoms with Gasteiger partial charge in [0.1, 0.15) is 17.0 Å². The lowest BCUT2D eigenvalue weighted by Gasteiger charge is -2.29. The van der Waals surface area contributed by atoms with E-state index in [0.717, 1.165) is 15.8 Å². The molecule has 0 fully saturated rings. The largest absolute Gasteiger partial charge is 0.496 e. The molecular formula is C21H26Br2N2O5. The zero-order chi connectivity index (χ0) is 22.9. The molecule has 30 heavy (non-hydrogen) atoms. The van der Waals surface area contributed by atoms with Gasteiger partial charge >= 0.3 is 12.2 Å². The molecule has 0 radical (unpaired) electrons. The number of imide groups is 1. The van der Waals surface area contributed by atoms with Crippen LogP contribution in [0.25, 0.3) is 10.8 Å². The van der Waals surface area contributed by atoms with Crippen molar-refractivity contribution in [2.45, 2.75) is 58.1 Å². The maximum atomic E-state index is 13.0. The van der Waals surface area contributed by atoms with Crippen LogP contribution in [0.1, 0.15) is 47.1 Å². The van der Waals surface area contributed by atoms with Gasteiger partial charge in [0.25, 0.3) is 0 Å². The third kappa shape index (κ3) is 5.85. The number of methoxy groups -OCH3 is 1. The van der Waals surface area contributed by atoms with Gasteiger partial charge in [-0.3, -0.25) is 0 Å². The van der Waals surface area contributed by atoms with Crippen LogP contribution in [0.5, 0.6) is 5.75 Å². The molecule has 0 unspecified atom stereocenters. The molecule has 2 amide bonds. The van der Waals surface area contributed by atoms with Crippen LogP contribution in [0.15, 0.2) is 22.8 Å². The Morgan fingerprint density at radius 3 is 2.00 bits per heavy atom. The van der Waals surface area contributed by atoms with Gasteiger partial charge in [0.05, 0.1) is 12.5 Å². The summed E-state index contributed by atoms with van der Waals surface area (Å²) in [5.41, 5.74) is -0.691. The number of hydrogen-bond acceptors (Lipinski definition) is 6. The van der Waals surface area contributed by atoms with Crippen LogP contribution in [0.4, 0.5) is 15.4 Å². The first kappa shape index (κ1) is 24.4. The number of amides is 2. The second-order valence-electron chi connectivity index (χ2n) is 8.58. The molecule has 0 aliphatic rings. The molecule has 0 saturated carbocycles.